The molecule has 19 heavy (non-hydrogen) atoms. The van der Waals surface area contributed by atoms with E-state index in [1.165, 1.54) is 26.9 Å². The zero-order valence-corrected chi connectivity index (χ0v) is 13.9. The van der Waals surface area contributed by atoms with Crippen LogP contribution >= 0.6 is 27.3 Å². The van der Waals surface area contributed by atoms with Crippen LogP contribution in [0.1, 0.15) is 29.3 Å². The van der Waals surface area contributed by atoms with Gasteiger partial charge in [0.05, 0.1) is 0 Å². The minimum atomic E-state index is 0.537. The Balaban J connectivity index is 1.76. The van der Waals surface area contributed by atoms with Crippen LogP contribution in [0.3, 0.4) is 0 Å². The summed E-state index contributed by atoms with van der Waals surface area (Å²) >= 11 is 5.37. The van der Waals surface area contributed by atoms with Crippen LogP contribution in [0.2, 0.25) is 0 Å². The molecule has 0 aliphatic rings. The van der Waals surface area contributed by atoms with Crippen molar-refractivity contribution in [3.63, 3.8) is 0 Å². The van der Waals surface area contributed by atoms with Crippen molar-refractivity contribution in [1.29, 1.82) is 0 Å². The quantitative estimate of drug-likeness (QED) is 0.787. The Hall–Kier alpha value is -0.640. The summed E-state index contributed by atoms with van der Waals surface area (Å²) in [5.41, 5.74) is 2.78. The molecule has 2 aromatic rings. The Labute approximate surface area is 128 Å². The molecule has 102 valence electrons. The Morgan fingerprint density at radius 1 is 1.32 bits per heavy atom. The van der Waals surface area contributed by atoms with Gasteiger partial charge in [-0.2, -0.15) is 0 Å². The normalized spacial score (nSPS) is 12.6. The fourth-order valence-corrected chi connectivity index (χ4v) is 3.51. The Morgan fingerprint density at radius 2 is 2.16 bits per heavy atom. The molecule has 1 aromatic carbocycles. The Kier molecular flexibility index (Phi) is 5.61. The summed E-state index contributed by atoms with van der Waals surface area (Å²) < 4.78 is 1.22. The van der Waals surface area contributed by atoms with Crippen molar-refractivity contribution < 1.29 is 0 Å². The first kappa shape index (κ1) is 14.8. The molecule has 0 spiro atoms. The van der Waals surface area contributed by atoms with Gasteiger partial charge in [-0.05, 0) is 59.6 Å². The minimum Gasteiger partial charge on any atom is -0.309 e. The average Bonchev–Trinajstić information content (AvgIpc) is 2.80. The van der Waals surface area contributed by atoms with E-state index in [2.05, 4.69) is 70.8 Å². The molecule has 0 radical (unpaired) electrons. The van der Waals surface area contributed by atoms with Crippen LogP contribution in [0.5, 0.6) is 0 Å². The molecular formula is C16H20BrNS. The maximum atomic E-state index is 3.59. The van der Waals surface area contributed by atoms with Gasteiger partial charge in [-0.25, -0.2) is 0 Å². The molecule has 1 atom stereocenters. The van der Waals surface area contributed by atoms with Gasteiger partial charge in [0, 0.05) is 21.9 Å². The molecule has 1 nitrogen and oxygen atoms in total. The third kappa shape index (κ3) is 4.75. The highest BCUT2D eigenvalue weighted by Crippen LogP contribution is 2.22. The van der Waals surface area contributed by atoms with Crippen LogP contribution in [0.4, 0.5) is 0 Å². The number of hydrogen-bond donors (Lipinski definition) is 1. The van der Waals surface area contributed by atoms with Crippen molar-refractivity contribution in [2.45, 2.75) is 39.3 Å². The van der Waals surface area contributed by atoms with Gasteiger partial charge in [0.25, 0.3) is 0 Å². The first-order valence-electron chi connectivity index (χ1n) is 6.66. The van der Waals surface area contributed by atoms with E-state index in [-0.39, 0.29) is 0 Å². The summed E-state index contributed by atoms with van der Waals surface area (Å²) in [6, 6.07) is 11.4. The number of hydrogen-bond acceptors (Lipinski definition) is 2. The molecule has 0 aliphatic carbocycles. The summed E-state index contributed by atoms with van der Waals surface area (Å²) in [5.74, 6) is 0. The maximum absolute atomic E-state index is 3.59. The van der Waals surface area contributed by atoms with E-state index < -0.39 is 0 Å². The molecule has 3 heteroatoms. The molecule has 0 amide bonds. The number of halogens is 1. The molecule has 0 bridgehead atoms. The summed E-state index contributed by atoms with van der Waals surface area (Å²) in [6.45, 7) is 5.37. The topological polar surface area (TPSA) is 12.0 Å². The molecular weight excluding hydrogens is 318 g/mol. The van der Waals surface area contributed by atoms with Gasteiger partial charge in [0.1, 0.15) is 0 Å². The van der Waals surface area contributed by atoms with Crippen LogP contribution < -0.4 is 5.32 Å². The largest absolute Gasteiger partial charge is 0.309 e. The van der Waals surface area contributed by atoms with Crippen LogP contribution in [-0.2, 0) is 13.0 Å². The van der Waals surface area contributed by atoms with Gasteiger partial charge in [0.2, 0.25) is 0 Å². The first-order valence-corrected chi connectivity index (χ1v) is 8.33. The van der Waals surface area contributed by atoms with Crippen LogP contribution in [-0.4, -0.2) is 6.04 Å². The van der Waals surface area contributed by atoms with Gasteiger partial charge in [-0.15, -0.1) is 11.3 Å². The van der Waals surface area contributed by atoms with E-state index in [4.69, 9.17) is 0 Å². The van der Waals surface area contributed by atoms with Crippen molar-refractivity contribution in [1.82, 2.24) is 5.32 Å². The standard InChI is InChI=1S/C16H20BrNS/c1-12-4-3-5-14(10-12)7-6-13(2)18-11-16-15(17)8-9-19-16/h3-5,8-10,13,18H,6-7,11H2,1-2H3. The van der Waals surface area contributed by atoms with Crippen LogP contribution in [0.15, 0.2) is 40.2 Å². The lowest BCUT2D eigenvalue weighted by Crippen LogP contribution is -2.25. The van der Waals surface area contributed by atoms with Gasteiger partial charge in [0.15, 0.2) is 0 Å². The van der Waals surface area contributed by atoms with Gasteiger partial charge < -0.3 is 5.32 Å². The number of rotatable bonds is 6. The lowest BCUT2D eigenvalue weighted by Gasteiger charge is -2.13. The zero-order chi connectivity index (χ0) is 13.7. The lowest BCUT2D eigenvalue weighted by molar-refractivity contribution is 0.516. The Morgan fingerprint density at radius 3 is 2.84 bits per heavy atom. The molecule has 1 aromatic heterocycles. The lowest BCUT2D eigenvalue weighted by atomic mass is 10.0. The molecule has 1 heterocycles. The second kappa shape index (κ2) is 7.22. The molecule has 0 saturated heterocycles. The smallest absolute Gasteiger partial charge is 0.0327 e. The third-order valence-corrected chi connectivity index (χ3v) is 5.18. The third-order valence-electron chi connectivity index (χ3n) is 3.25. The van der Waals surface area contributed by atoms with Crippen LogP contribution in [0, 0.1) is 6.92 Å². The SMILES string of the molecule is Cc1cccc(CCC(C)NCc2sccc2Br)c1. The van der Waals surface area contributed by atoms with Gasteiger partial charge in [-0.1, -0.05) is 29.8 Å². The fourth-order valence-electron chi connectivity index (χ4n) is 2.07. The number of thiophene rings is 1. The predicted octanol–water partition coefficient (Wildman–Crippen LogP) is 4.93. The van der Waals surface area contributed by atoms with E-state index >= 15 is 0 Å². The van der Waals surface area contributed by atoms with E-state index in [0.29, 0.717) is 6.04 Å². The minimum absolute atomic E-state index is 0.537. The molecule has 0 fully saturated rings. The molecule has 1 unspecified atom stereocenters. The predicted molar refractivity (Wildman–Crippen MR) is 87.8 cm³/mol. The highest BCUT2D eigenvalue weighted by molar-refractivity contribution is 9.10. The van der Waals surface area contributed by atoms with Crippen molar-refractivity contribution >= 4 is 27.3 Å². The molecule has 1 N–H and O–H groups in total. The van der Waals surface area contributed by atoms with Crippen LogP contribution in [0.25, 0.3) is 0 Å². The summed E-state index contributed by atoms with van der Waals surface area (Å²) in [4.78, 5) is 1.38. The second-order valence-electron chi connectivity index (χ2n) is 5.00. The van der Waals surface area contributed by atoms with Crippen molar-refractivity contribution in [3.8, 4) is 0 Å². The second-order valence-corrected chi connectivity index (χ2v) is 6.86. The van der Waals surface area contributed by atoms with Gasteiger partial charge in [-0.3, -0.25) is 0 Å². The highest BCUT2D eigenvalue weighted by atomic mass is 79.9. The number of benzene rings is 1. The van der Waals surface area contributed by atoms with Gasteiger partial charge >= 0.3 is 0 Å². The maximum Gasteiger partial charge on any atom is 0.0327 e. The summed E-state index contributed by atoms with van der Waals surface area (Å²) in [5, 5.41) is 5.71. The number of nitrogens with one attached hydrogen (secondary N) is 1. The van der Waals surface area contributed by atoms with E-state index in [1.54, 1.807) is 11.3 Å². The molecule has 2 rings (SSSR count). The van der Waals surface area contributed by atoms with Crippen molar-refractivity contribution in [2.75, 3.05) is 0 Å². The summed E-state index contributed by atoms with van der Waals surface area (Å²) in [7, 11) is 0. The van der Waals surface area contributed by atoms with Crippen molar-refractivity contribution in [3.05, 3.63) is 56.2 Å². The highest BCUT2D eigenvalue weighted by Gasteiger charge is 2.05. The zero-order valence-electron chi connectivity index (χ0n) is 11.4. The summed E-state index contributed by atoms with van der Waals surface area (Å²) in [6.07, 6.45) is 2.31. The first-order chi connectivity index (χ1) is 9.15. The fraction of sp³-hybridized carbons (Fsp3) is 0.375. The molecule has 0 aliphatic heterocycles. The monoisotopic (exact) mass is 337 g/mol. The van der Waals surface area contributed by atoms with E-state index in [1.807, 2.05) is 0 Å². The average molecular weight is 338 g/mol. The Bertz CT molecular complexity index is 521. The number of aryl methyl sites for hydroxylation is 2. The van der Waals surface area contributed by atoms with E-state index in [9.17, 15) is 0 Å². The van der Waals surface area contributed by atoms with Crippen molar-refractivity contribution in [2.24, 2.45) is 0 Å². The van der Waals surface area contributed by atoms with E-state index in [0.717, 1.165) is 13.0 Å². The molecule has 0 saturated carbocycles.